The molecule has 3 aromatic rings. The van der Waals surface area contributed by atoms with E-state index in [0.717, 1.165) is 6.42 Å². The number of carbonyl (C=O) groups excluding carboxylic acids is 1. The molecular weight excluding hydrogens is 324 g/mol. The third-order valence-corrected chi connectivity index (χ3v) is 4.05. The van der Waals surface area contributed by atoms with Gasteiger partial charge in [0.25, 0.3) is 5.91 Å². The minimum Gasteiger partial charge on any atom is -0.352 e. The Morgan fingerprint density at radius 2 is 1.50 bits per heavy atom. The summed E-state index contributed by atoms with van der Waals surface area (Å²) in [5, 5.41) is 2.90. The molecule has 0 saturated carbocycles. The first-order chi connectivity index (χ1) is 12.7. The van der Waals surface area contributed by atoms with Gasteiger partial charge in [0.2, 0.25) is 5.95 Å². The summed E-state index contributed by atoms with van der Waals surface area (Å²) in [5.41, 5.74) is 2.85. The highest BCUT2D eigenvalue weighted by atomic mass is 16.1. The number of benzene rings is 2. The zero-order valence-electron chi connectivity index (χ0n) is 14.8. The quantitative estimate of drug-likeness (QED) is 0.714. The minimum atomic E-state index is -0.154. The molecule has 0 aliphatic rings. The van der Waals surface area contributed by atoms with Crippen LogP contribution < -0.4 is 10.2 Å². The van der Waals surface area contributed by atoms with E-state index in [0.29, 0.717) is 24.6 Å². The first kappa shape index (κ1) is 17.6. The maximum atomic E-state index is 12.2. The van der Waals surface area contributed by atoms with Crippen LogP contribution in [0.1, 0.15) is 21.5 Å². The van der Waals surface area contributed by atoms with Gasteiger partial charge in [-0.05, 0) is 17.5 Å². The molecule has 0 aliphatic heterocycles. The van der Waals surface area contributed by atoms with Crippen molar-refractivity contribution < 1.29 is 4.79 Å². The summed E-state index contributed by atoms with van der Waals surface area (Å²) < 4.78 is 0. The Morgan fingerprint density at radius 1 is 0.923 bits per heavy atom. The number of anilines is 1. The molecule has 1 aromatic heterocycles. The monoisotopic (exact) mass is 346 g/mol. The molecule has 26 heavy (non-hydrogen) atoms. The molecule has 0 saturated heterocycles. The van der Waals surface area contributed by atoms with Crippen LogP contribution in [0.25, 0.3) is 0 Å². The van der Waals surface area contributed by atoms with Gasteiger partial charge in [-0.25, -0.2) is 9.97 Å². The van der Waals surface area contributed by atoms with Crippen LogP contribution in [-0.2, 0) is 13.0 Å². The summed E-state index contributed by atoms with van der Waals surface area (Å²) in [7, 11) is 1.93. The largest absolute Gasteiger partial charge is 0.352 e. The number of hydrogen-bond acceptors (Lipinski definition) is 4. The second kappa shape index (κ2) is 8.76. The van der Waals surface area contributed by atoms with Crippen LogP contribution in [0.2, 0.25) is 0 Å². The lowest BCUT2D eigenvalue weighted by Gasteiger charge is -2.17. The van der Waals surface area contributed by atoms with E-state index >= 15 is 0 Å². The van der Waals surface area contributed by atoms with Gasteiger partial charge in [0.1, 0.15) is 0 Å². The Hall–Kier alpha value is -3.21. The molecule has 5 heteroatoms. The molecule has 0 aliphatic carbocycles. The highest BCUT2D eigenvalue weighted by Crippen LogP contribution is 2.10. The Kier molecular flexibility index (Phi) is 5.93. The molecule has 3 rings (SSSR count). The molecule has 0 fully saturated rings. The minimum absolute atomic E-state index is 0.154. The average molecular weight is 346 g/mol. The van der Waals surface area contributed by atoms with Gasteiger partial charge in [-0.2, -0.15) is 0 Å². The molecular formula is C21H22N4O. The van der Waals surface area contributed by atoms with Gasteiger partial charge in [-0.15, -0.1) is 0 Å². The summed E-state index contributed by atoms with van der Waals surface area (Å²) in [4.78, 5) is 22.8. The molecule has 0 unspecified atom stereocenters. The first-order valence-electron chi connectivity index (χ1n) is 8.61. The van der Waals surface area contributed by atoms with Crippen molar-refractivity contribution in [1.82, 2.24) is 15.3 Å². The fourth-order valence-corrected chi connectivity index (χ4v) is 2.63. The zero-order chi connectivity index (χ0) is 18.2. The van der Waals surface area contributed by atoms with Crippen LogP contribution in [0.4, 0.5) is 5.95 Å². The highest BCUT2D eigenvalue weighted by Gasteiger charge is 2.09. The van der Waals surface area contributed by atoms with Gasteiger partial charge >= 0.3 is 0 Å². The van der Waals surface area contributed by atoms with Gasteiger partial charge in [0, 0.05) is 32.5 Å². The van der Waals surface area contributed by atoms with Crippen molar-refractivity contribution in [1.29, 1.82) is 0 Å². The smallest absolute Gasteiger partial charge is 0.254 e. The Balaban J connectivity index is 1.52. The molecule has 132 valence electrons. The Bertz CT molecular complexity index is 820. The predicted molar refractivity (Wildman–Crippen MR) is 103 cm³/mol. The van der Waals surface area contributed by atoms with Crippen molar-refractivity contribution in [2.75, 3.05) is 18.5 Å². The first-order valence-corrected chi connectivity index (χ1v) is 8.61. The van der Waals surface area contributed by atoms with Crippen molar-refractivity contribution in [3.05, 3.63) is 89.7 Å². The third-order valence-electron chi connectivity index (χ3n) is 4.05. The summed E-state index contributed by atoms with van der Waals surface area (Å²) in [6, 6.07) is 20.2. The molecule has 1 N–H and O–H groups in total. The van der Waals surface area contributed by atoms with E-state index in [1.807, 2.05) is 60.5 Å². The molecule has 0 radical (unpaired) electrons. The topological polar surface area (TPSA) is 58.1 Å². The van der Waals surface area contributed by atoms with Crippen molar-refractivity contribution in [3.8, 4) is 0 Å². The van der Waals surface area contributed by atoms with Crippen molar-refractivity contribution in [2.45, 2.75) is 13.0 Å². The van der Waals surface area contributed by atoms with Crippen LogP contribution in [0, 0.1) is 0 Å². The van der Waals surface area contributed by atoms with Crippen LogP contribution >= 0.6 is 0 Å². The number of amides is 1. The average Bonchev–Trinajstić information content (AvgIpc) is 2.69. The Labute approximate surface area is 153 Å². The number of carbonyl (C=O) groups is 1. The molecule has 1 amide bonds. The van der Waals surface area contributed by atoms with Crippen molar-refractivity contribution in [2.24, 2.45) is 0 Å². The van der Waals surface area contributed by atoms with Gasteiger partial charge in [-0.1, -0.05) is 60.7 Å². The third kappa shape index (κ3) is 4.89. The summed E-state index contributed by atoms with van der Waals surface area (Å²) in [5.74, 6) is 0.438. The predicted octanol–water partition coefficient (Wildman–Crippen LogP) is 3.09. The number of rotatable bonds is 7. The maximum absolute atomic E-state index is 12.2. The van der Waals surface area contributed by atoms with Crippen LogP contribution in [-0.4, -0.2) is 29.5 Å². The fraction of sp³-hybridized carbons (Fsp3) is 0.190. The summed E-state index contributed by atoms with van der Waals surface area (Å²) >= 11 is 0. The number of aromatic nitrogens is 2. The summed E-state index contributed by atoms with van der Waals surface area (Å²) in [6.07, 6.45) is 3.94. The molecule has 2 aromatic carbocycles. The lowest BCUT2D eigenvalue weighted by atomic mass is 10.1. The van der Waals surface area contributed by atoms with E-state index in [4.69, 9.17) is 0 Å². The van der Waals surface area contributed by atoms with E-state index < -0.39 is 0 Å². The maximum Gasteiger partial charge on any atom is 0.254 e. The fourth-order valence-electron chi connectivity index (χ4n) is 2.63. The second-order valence-corrected chi connectivity index (χ2v) is 6.10. The van der Waals surface area contributed by atoms with E-state index in [9.17, 15) is 4.79 Å². The van der Waals surface area contributed by atoms with Crippen molar-refractivity contribution in [3.63, 3.8) is 0 Å². The number of hydrogen-bond donors (Lipinski definition) is 1. The highest BCUT2D eigenvalue weighted by molar-refractivity contribution is 5.93. The normalized spacial score (nSPS) is 10.3. The van der Waals surface area contributed by atoms with Gasteiger partial charge < -0.3 is 10.2 Å². The van der Waals surface area contributed by atoms with Crippen LogP contribution in [0.5, 0.6) is 0 Å². The van der Waals surface area contributed by atoms with Crippen molar-refractivity contribution >= 4 is 11.9 Å². The summed E-state index contributed by atoms with van der Waals surface area (Å²) in [6.45, 7) is 1.29. The van der Waals surface area contributed by atoms with E-state index in [1.165, 1.54) is 11.1 Å². The van der Waals surface area contributed by atoms with Crippen LogP contribution in [0.15, 0.2) is 73.1 Å². The number of nitrogens with one attached hydrogen (secondary N) is 1. The van der Waals surface area contributed by atoms with E-state index in [-0.39, 0.29) is 5.91 Å². The van der Waals surface area contributed by atoms with Crippen LogP contribution in [0.3, 0.4) is 0 Å². The molecule has 5 nitrogen and oxygen atoms in total. The SMILES string of the molecule is CN(Cc1ccccc1)c1ncc(C(=O)NCCc2ccccc2)cn1. The van der Waals surface area contributed by atoms with E-state index in [2.05, 4.69) is 27.4 Å². The number of nitrogens with zero attached hydrogens (tertiary/aromatic N) is 3. The van der Waals surface area contributed by atoms with Gasteiger partial charge in [-0.3, -0.25) is 4.79 Å². The standard InChI is InChI=1S/C21H22N4O/c1-25(16-18-10-6-3-7-11-18)21-23-14-19(15-24-21)20(26)22-13-12-17-8-4-2-5-9-17/h2-11,14-15H,12-13,16H2,1H3,(H,22,26). The lowest BCUT2D eigenvalue weighted by molar-refractivity contribution is 0.0953. The second-order valence-electron chi connectivity index (χ2n) is 6.10. The lowest BCUT2D eigenvalue weighted by Crippen LogP contribution is -2.26. The van der Waals surface area contributed by atoms with Gasteiger partial charge in [0.05, 0.1) is 5.56 Å². The van der Waals surface area contributed by atoms with E-state index in [1.54, 1.807) is 12.4 Å². The molecule has 0 spiro atoms. The Morgan fingerprint density at radius 3 is 2.12 bits per heavy atom. The van der Waals surface area contributed by atoms with Gasteiger partial charge in [0.15, 0.2) is 0 Å². The zero-order valence-corrected chi connectivity index (χ0v) is 14.8. The molecule has 1 heterocycles. The molecule has 0 atom stereocenters. The molecule has 0 bridgehead atoms.